The van der Waals surface area contributed by atoms with Gasteiger partial charge >= 0.3 is 0 Å². The first kappa shape index (κ1) is 22.8. The second-order valence-electron chi connectivity index (χ2n) is 5.90. The molecule has 1 aromatic heterocycles. The second-order valence-corrected chi connectivity index (χ2v) is 6.85. The molecule has 2 rings (SSSR count). The second kappa shape index (κ2) is 13.0. The van der Waals surface area contributed by atoms with Crippen molar-refractivity contribution in [3.05, 3.63) is 51.7 Å². The summed E-state index contributed by atoms with van der Waals surface area (Å²) < 4.78 is 12.9. The monoisotopic (exact) mass is 490 g/mol. The zero-order valence-corrected chi connectivity index (χ0v) is 18.6. The van der Waals surface area contributed by atoms with E-state index in [2.05, 4.69) is 32.9 Å². The van der Waals surface area contributed by atoms with Crippen molar-refractivity contribution >= 4 is 41.3 Å². The molecule has 0 unspecified atom stereocenters. The molecule has 2 N–H and O–H groups in total. The van der Waals surface area contributed by atoms with Crippen LogP contribution in [-0.2, 0) is 12.8 Å². The Bertz CT molecular complexity index is 658. The highest BCUT2D eigenvalue weighted by molar-refractivity contribution is 14.0. The molecule has 4 nitrogen and oxygen atoms in total. The Labute approximate surface area is 176 Å². The summed E-state index contributed by atoms with van der Waals surface area (Å²) in [5.74, 6) is 0.647. The predicted molar refractivity (Wildman–Crippen MR) is 119 cm³/mol. The summed E-state index contributed by atoms with van der Waals surface area (Å²) in [7, 11) is 0. The van der Waals surface area contributed by atoms with Crippen LogP contribution in [0.4, 0.5) is 4.39 Å². The fourth-order valence-corrected chi connectivity index (χ4v) is 3.23. The molecule has 0 saturated heterocycles. The van der Waals surface area contributed by atoms with Crippen LogP contribution in [0.25, 0.3) is 0 Å². The summed E-state index contributed by atoms with van der Waals surface area (Å²) >= 11 is 1.74. The van der Waals surface area contributed by atoms with Gasteiger partial charge in [0.15, 0.2) is 5.96 Å². The summed E-state index contributed by atoms with van der Waals surface area (Å²) in [4.78, 5) is 9.09. The van der Waals surface area contributed by atoms with Gasteiger partial charge in [0, 0.05) is 30.7 Å². The zero-order chi connectivity index (χ0) is 17.9. The van der Waals surface area contributed by atoms with Gasteiger partial charge in [-0.1, -0.05) is 12.1 Å². The first-order valence-corrected chi connectivity index (χ1v) is 9.73. The summed E-state index contributed by atoms with van der Waals surface area (Å²) in [6.07, 6.45) is 4.02. The van der Waals surface area contributed by atoms with Crippen molar-refractivity contribution in [3.8, 4) is 0 Å². The van der Waals surface area contributed by atoms with Gasteiger partial charge in [0.1, 0.15) is 5.82 Å². The minimum atomic E-state index is -0.195. The van der Waals surface area contributed by atoms with Gasteiger partial charge in [0.05, 0.1) is 5.01 Å². The number of guanidine groups is 1. The molecule has 0 bridgehead atoms. The maximum absolute atomic E-state index is 12.9. The van der Waals surface area contributed by atoms with E-state index in [-0.39, 0.29) is 29.8 Å². The molecule has 7 heteroatoms. The third kappa shape index (κ3) is 8.93. The Morgan fingerprint density at radius 1 is 1.15 bits per heavy atom. The number of unbranched alkanes of at least 4 members (excludes halogenated alkanes) is 1. The first-order valence-electron chi connectivity index (χ1n) is 8.85. The van der Waals surface area contributed by atoms with Gasteiger partial charge in [0.25, 0.3) is 0 Å². The molecule has 2 aromatic rings. The molecular formula is C19H28FIN4S. The van der Waals surface area contributed by atoms with E-state index in [1.54, 1.807) is 11.3 Å². The Kier molecular flexibility index (Phi) is 11.4. The van der Waals surface area contributed by atoms with Crippen LogP contribution in [0.2, 0.25) is 0 Å². The highest BCUT2D eigenvalue weighted by Gasteiger charge is 2.00. The molecule has 0 aliphatic heterocycles. The molecule has 1 heterocycles. The topological polar surface area (TPSA) is 49.3 Å². The third-order valence-electron chi connectivity index (χ3n) is 3.70. The highest BCUT2D eigenvalue weighted by atomic mass is 127. The van der Waals surface area contributed by atoms with E-state index in [0.29, 0.717) is 0 Å². The number of hydrogen-bond donors (Lipinski definition) is 2. The van der Waals surface area contributed by atoms with Crippen molar-refractivity contribution in [2.75, 3.05) is 19.6 Å². The van der Waals surface area contributed by atoms with Crippen LogP contribution in [0.3, 0.4) is 0 Å². The Hall–Kier alpha value is -1.22. The quantitative estimate of drug-likeness (QED) is 0.238. The van der Waals surface area contributed by atoms with Crippen molar-refractivity contribution in [2.24, 2.45) is 4.99 Å². The smallest absolute Gasteiger partial charge is 0.191 e. The summed E-state index contributed by atoms with van der Waals surface area (Å²) in [5.41, 5.74) is 2.22. The van der Waals surface area contributed by atoms with Crippen LogP contribution in [0.15, 0.2) is 34.6 Å². The SMILES string of the molecule is CCNC(=NCCCCc1nc(C)cs1)NCCc1ccc(F)cc1.I. The molecule has 0 spiro atoms. The van der Waals surface area contributed by atoms with Crippen LogP contribution in [-0.4, -0.2) is 30.6 Å². The molecule has 0 fully saturated rings. The van der Waals surface area contributed by atoms with Gasteiger partial charge in [-0.05, 0) is 57.2 Å². The number of thiazole rings is 1. The minimum absolute atomic E-state index is 0. The van der Waals surface area contributed by atoms with E-state index in [1.807, 2.05) is 19.1 Å². The Morgan fingerprint density at radius 2 is 1.92 bits per heavy atom. The van der Waals surface area contributed by atoms with E-state index in [9.17, 15) is 4.39 Å². The Morgan fingerprint density at radius 3 is 2.58 bits per heavy atom. The van der Waals surface area contributed by atoms with Gasteiger partial charge in [0.2, 0.25) is 0 Å². The van der Waals surface area contributed by atoms with Crippen LogP contribution < -0.4 is 10.6 Å². The number of rotatable bonds is 9. The maximum atomic E-state index is 12.9. The summed E-state index contributed by atoms with van der Waals surface area (Å²) in [6.45, 7) is 6.50. The average Bonchev–Trinajstić information content (AvgIpc) is 3.01. The minimum Gasteiger partial charge on any atom is -0.357 e. The van der Waals surface area contributed by atoms with Gasteiger partial charge in [-0.2, -0.15) is 0 Å². The fraction of sp³-hybridized carbons (Fsp3) is 0.474. The molecule has 0 amide bonds. The molecule has 0 radical (unpaired) electrons. The lowest BCUT2D eigenvalue weighted by molar-refractivity contribution is 0.626. The van der Waals surface area contributed by atoms with Gasteiger partial charge in [-0.15, -0.1) is 35.3 Å². The largest absolute Gasteiger partial charge is 0.357 e. The lowest BCUT2D eigenvalue weighted by Gasteiger charge is -2.11. The highest BCUT2D eigenvalue weighted by Crippen LogP contribution is 2.11. The number of hydrogen-bond acceptors (Lipinski definition) is 3. The van der Waals surface area contributed by atoms with E-state index in [0.717, 1.165) is 62.5 Å². The van der Waals surface area contributed by atoms with Crippen LogP contribution in [0.1, 0.15) is 36.0 Å². The summed E-state index contributed by atoms with van der Waals surface area (Å²) in [6, 6.07) is 6.64. The van der Waals surface area contributed by atoms with E-state index in [4.69, 9.17) is 0 Å². The molecule has 0 aliphatic carbocycles. The molecule has 0 saturated carbocycles. The van der Waals surface area contributed by atoms with Crippen LogP contribution in [0, 0.1) is 12.7 Å². The normalized spacial score (nSPS) is 11.1. The molecule has 0 atom stereocenters. The first-order chi connectivity index (χ1) is 12.2. The fourth-order valence-electron chi connectivity index (χ4n) is 2.41. The summed E-state index contributed by atoms with van der Waals surface area (Å²) in [5, 5.41) is 9.90. The lowest BCUT2D eigenvalue weighted by atomic mass is 10.1. The average molecular weight is 490 g/mol. The van der Waals surface area contributed by atoms with Crippen molar-refractivity contribution in [1.82, 2.24) is 15.6 Å². The van der Waals surface area contributed by atoms with Crippen molar-refractivity contribution in [1.29, 1.82) is 0 Å². The number of nitrogens with one attached hydrogen (secondary N) is 2. The van der Waals surface area contributed by atoms with Gasteiger partial charge < -0.3 is 10.6 Å². The van der Waals surface area contributed by atoms with E-state index in [1.165, 1.54) is 17.1 Å². The molecule has 1 aromatic carbocycles. The van der Waals surface area contributed by atoms with Crippen molar-refractivity contribution in [3.63, 3.8) is 0 Å². The van der Waals surface area contributed by atoms with E-state index < -0.39 is 0 Å². The zero-order valence-electron chi connectivity index (χ0n) is 15.4. The number of halogens is 2. The Balaban J connectivity index is 0.00000338. The molecule has 144 valence electrons. The molecular weight excluding hydrogens is 462 g/mol. The predicted octanol–water partition coefficient (Wildman–Crippen LogP) is 4.33. The van der Waals surface area contributed by atoms with Gasteiger partial charge in [-0.25, -0.2) is 9.37 Å². The van der Waals surface area contributed by atoms with E-state index >= 15 is 0 Å². The maximum Gasteiger partial charge on any atom is 0.191 e. The number of aromatic nitrogens is 1. The third-order valence-corrected chi connectivity index (χ3v) is 4.73. The van der Waals surface area contributed by atoms with Crippen molar-refractivity contribution < 1.29 is 4.39 Å². The lowest BCUT2D eigenvalue weighted by Crippen LogP contribution is -2.38. The number of aliphatic imine (C=N–C) groups is 1. The number of nitrogens with zero attached hydrogens (tertiary/aromatic N) is 2. The number of aryl methyl sites for hydroxylation is 2. The molecule has 0 aliphatic rings. The van der Waals surface area contributed by atoms with Gasteiger partial charge in [-0.3, -0.25) is 4.99 Å². The standard InChI is InChI=1S/C19H27FN4S.HI/c1-3-21-19(23-13-11-16-7-9-17(20)10-8-16)22-12-5-4-6-18-24-15(2)14-25-18;/h7-10,14H,3-6,11-13H2,1-2H3,(H2,21,22,23);1H. The van der Waals surface area contributed by atoms with Crippen LogP contribution in [0.5, 0.6) is 0 Å². The van der Waals surface area contributed by atoms with Crippen LogP contribution >= 0.6 is 35.3 Å². The van der Waals surface area contributed by atoms with Crippen molar-refractivity contribution in [2.45, 2.75) is 39.5 Å². The number of benzene rings is 1. The molecule has 26 heavy (non-hydrogen) atoms.